The number of aromatic amines is 1. The monoisotopic (exact) mass is 273 g/mol. The van der Waals surface area contributed by atoms with Gasteiger partial charge in [0.05, 0.1) is 15.6 Å². The van der Waals surface area contributed by atoms with Gasteiger partial charge in [0.25, 0.3) is 0 Å². The van der Waals surface area contributed by atoms with Crippen LogP contribution in [0.25, 0.3) is 10.7 Å². The lowest BCUT2D eigenvalue weighted by Crippen LogP contribution is -2.19. The maximum absolute atomic E-state index is 11.5. The highest BCUT2D eigenvalue weighted by Crippen LogP contribution is 2.28. The highest BCUT2D eigenvalue weighted by atomic mass is 35.5. The van der Waals surface area contributed by atoms with E-state index in [4.69, 9.17) is 16.7 Å². The van der Waals surface area contributed by atoms with Crippen molar-refractivity contribution < 1.29 is 9.90 Å². The number of aromatic nitrogens is 3. The van der Waals surface area contributed by atoms with Crippen molar-refractivity contribution in [1.82, 2.24) is 14.8 Å². The Hall–Kier alpha value is -1.60. The van der Waals surface area contributed by atoms with Gasteiger partial charge in [0.1, 0.15) is 0 Å². The van der Waals surface area contributed by atoms with Gasteiger partial charge in [-0.3, -0.25) is 9.36 Å². The molecule has 90 valence electrons. The van der Waals surface area contributed by atoms with Gasteiger partial charge in [0.15, 0.2) is 5.82 Å². The molecule has 0 fully saturated rings. The van der Waals surface area contributed by atoms with Crippen LogP contribution in [0.2, 0.25) is 4.34 Å². The highest BCUT2D eigenvalue weighted by molar-refractivity contribution is 7.19. The number of aliphatic carboxylic acids is 1. The average molecular weight is 274 g/mol. The molecule has 17 heavy (non-hydrogen) atoms. The summed E-state index contributed by atoms with van der Waals surface area (Å²) in [5, 5.41) is 14.8. The molecule has 2 aromatic rings. The van der Waals surface area contributed by atoms with E-state index in [0.29, 0.717) is 10.2 Å². The molecule has 0 saturated carbocycles. The molecule has 0 unspecified atom stereocenters. The summed E-state index contributed by atoms with van der Waals surface area (Å²) in [6, 6.07) is 3.43. The van der Waals surface area contributed by atoms with Gasteiger partial charge in [0.2, 0.25) is 0 Å². The minimum atomic E-state index is -0.965. The quantitative estimate of drug-likeness (QED) is 0.882. The molecule has 2 rings (SSSR count). The van der Waals surface area contributed by atoms with E-state index < -0.39 is 11.7 Å². The van der Waals surface area contributed by atoms with E-state index in [1.54, 1.807) is 12.1 Å². The average Bonchev–Trinajstić information content (AvgIpc) is 2.82. The topological polar surface area (TPSA) is 88.0 Å². The van der Waals surface area contributed by atoms with Crippen LogP contribution in [-0.4, -0.2) is 25.8 Å². The minimum Gasteiger partial charge on any atom is -0.481 e. The largest absolute Gasteiger partial charge is 0.481 e. The third-order valence-electron chi connectivity index (χ3n) is 2.10. The van der Waals surface area contributed by atoms with Crippen LogP contribution in [0.3, 0.4) is 0 Å². The molecule has 0 radical (unpaired) electrons. The Bertz CT molecular complexity index is 601. The summed E-state index contributed by atoms with van der Waals surface area (Å²) in [5.74, 6) is -0.554. The van der Waals surface area contributed by atoms with Crippen molar-refractivity contribution in [2.75, 3.05) is 0 Å². The Morgan fingerprint density at radius 3 is 2.94 bits per heavy atom. The Kier molecular flexibility index (Phi) is 3.30. The van der Waals surface area contributed by atoms with Crippen LogP contribution >= 0.6 is 22.9 Å². The van der Waals surface area contributed by atoms with Crippen molar-refractivity contribution in [3.8, 4) is 10.7 Å². The number of thiophene rings is 1. The first-order valence-electron chi connectivity index (χ1n) is 4.70. The van der Waals surface area contributed by atoms with E-state index in [2.05, 4.69) is 10.2 Å². The van der Waals surface area contributed by atoms with Crippen molar-refractivity contribution >= 4 is 28.9 Å². The minimum absolute atomic E-state index is 0.0789. The zero-order valence-corrected chi connectivity index (χ0v) is 10.1. The number of carbonyl (C=O) groups is 1. The van der Waals surface area contributed by atoms with Crippen molar-refractivity contribution in [3.05, 3.63) is 27.0 Å². The summed E-state index contributed by atoms with van der Waals surface area (Å²) in [6.45, 7) is 0.0789. The summed E-state index contributed by atoms with van der Waals surface area (Å²) in [4.78, 5) is 22.7. The number of carboxylic acid groups (broad SMARTS) is 1. The number of halogens is 1. The molecule has 6 nitrogen and oxygen atoms in total. The Morgan fingerprint density at radius 1 is 1.59 bits per heavy atom. The van der Waals surface area contributed by atoms with Crippen LogP contribution in [0.5, 0.6) is 0 Å². The van der Waals surface area contributed by atoms with Crippen molar-refractivity contribution in [1.29, 1.82) is 0 Å². The number of nitrogens with one attached hydrogen (secondary N) is 1. The first-order chi connectivity index (χ1) is 8.08. The summed E-state index contributed by atoms with van der Waals surface area (Å²) >= 11 is 7.07. The number of H-pyrrole nitrogens is 1. The lowest BCUT2D eigenvalue weighted by atomic mass is 10.4. The van der Waals surface area contributed by atoms with Crippen molar-refractivity contribution in [2.45, 2.75) is 13.0 Å². The molecule has 2 heterocycles. The third-order valence-corrected chi connectivity index (χ3v) is 3.33. The van der Waals surface area contributed by atoms with Gasteiger partial charge in [-0.05, 0) is 12.1 Å². The van der Waals surface area contributed by atoms with Crippen LogP contribution < -0.4 is 5.69 Å². The normalized spacial score (nSPS) is 10.6. The second-order valence-electron chi connectivity index (χ2n) is 3.25. The summed E-state index contributed by atoms with van der Waals surface area (Å²) < 4.78 is 1.87. The number of hydrogen-bond donors (Lipinski definition) is 2. The molecule has 0 aromatic carbocycles. The van der Waals surface area contributed by atoms with Gasteiger partial charge < -0.3 is 5.11 Å². The first-order valence-corrected chi connectivity index (χ1v) is 5.90. The van der Waals surface area contributed by atoms with Crippen molar-refractivity contribution in [3.63, 3.8) is 0 Å². The van der Waals surface area contributed by atoms with Gasteiger partial charge in [0, 0.05) is 6.54 Å². The van der Waals surface area contributed by atoms with Gasteiger partial charge in [-0.15, -0.1) is 11.3 Å². The zero-order chi connectivity index (χ0) is 12.4. The van der Waals surface area contributed by atoms with E-state index in [1.165, 1.54) is 15.9 Å². The Balaban J connectivity index is 2.35. The van der Waals surface area contributed by atoms with Crippen LogP contribution in [0, 0.1) is 0 Å². The molecule has 2 N–H and O–H groups in total. The van der Waals surface area contributed by atoms with Gasteiger partial charge in [-0.25, -0.2) is 9.89 Å². The fourth-order valence-electron chi connectivity index (χ4n) is 1.36. The molecular formula is C9H8ClN3O3S. The smallest absolute Gasteiger partial charge is 0.343 e. The fraction of sp³-hybridized carbons (Fsp3) is 0.222. The number of rotatable bonds is 4. The van der Waals surface area contributed by atoms with Crippen LogP contribution in [-0.2, 0) is 11.3 Å². The van der Waals surface area contributed by atoms with E-state index >= 15 is 0 Å². The maximum Gasteiger partial charge on any atom is 0.343 e. The number of carboxylic acids is 1. The molecule has 0 spiro atoms. The van der Waals surface area contributed by atoms with E-state index in [0.717, 1.165) is 4.88 Å². The predicted molar refractivity (Wildman–Crippen MR) is 63.4 cm³/mol. The molecule has 0 atom stereocenters. The number of nitrogens with zero attached hydrogens (tertiary/aromatic N) is 2. The highest BCUT2D eigenvalue weighted by Gasteiger charge is 2.13. The van der Waals surface area contributed by atoms with Crippen LogP contribution in [0.15, 0.2) is 16.9 Å². The number of hydrogen-bond acceptors (Lipinski definition) is 4. The van der Waals surface area contributed by atoms with Crippen molar-refractivity contribution in [2.24, 2.45) is 0 Å². The summed E-state index contributed by atoms with van der Waals surface area (Å²) in [7, 11) is 0. The summed E-state index contributed by atoms with van der Waals surface area (Å²) in [6.07, 6.45) is -0.133. The molecule has 0 aliphatic heterocycles. The first kappa shape index (κ1) is 11.9. The molecule has 0 aliphatic carbocycles. The molecule has 0 saturated heterocycles. The lowest BCUT2D eigenvalue weighted by molar-refractivity contribution is -0.137. The predicted octanol–water partition coefficient (Wildman–Crippen LogP) is 1.43. The molecule has 0 bridgehead atoms. The van der Waals surface area contributed by atoms with E-state index in [-0.39, 0.29) is 13.0 Å². The van der Waals surface area contributed by atoms with E-state index in [9.17, 15) is 9.59 Å². The van der Waals surface area contributed by atoms with Crippen LogP contribution in [0.1, 0.15) is 6.42 Å². The fourth-order valence-corrected chi connectivity index (χ4v) is 2.40. The van der Waals surface area contributed by atoms with Gasteiger partial charge >= 0.3 is 11.7 Å². The van der Waals surface area contributed by atoms with E-state index in [1.807, 2.05) is 0 Å². The van der Waals surface area contributed by atoms with Gasteiger partial charge in [-0.2, -0.15) is 5.10 Å². The lowest BCUT2D eigenvalue weighted by Gasteiger charge is -2.01. The SMILES string of the molecule is O=C(O)CCn1c(-c2ccc(Cl)s2)n[nH]c1=O. The molecule has 2 aromatic heterocycles. The summed E-state index contributed by atoms with van der Waals surface area (Å²) in [5.41, 5.74) is -0.425. The molecule has 0 aliphatic rings. The zero-order valence-electron chi connectivity index (χ0n) is 8.51. The second-order valence-corrected chi connectivity index (χ2v) is 4.97. The Labute approximate surface area is 104 Å². The Morgan fingerprint density at radius 2 is 2.35 bits per heavy atom. The molecule has 8 heteroatoms. The molecular weight excluding hydrogens is 266 g/mol. The third kappa shape index (κ3) is 2.56. The van der Waals surface area contributed by atoms with Crippen LogP contribution in [0.4, 0.5) is 0 Å². The van der Waals surface area contributed by atoms with Gasteiger partial charge in [-0.1, -0.05) is 11.6 Å². The second kappa shape index (κ2) is 4.72. The molecule has 0 amide bonds. The standard InChI is InChI=1S/C9H8ClN3O3S/c10-6-2-1-5(17-6)8-11-12-9(16)13(8)4-3-7(14)15/h1-2H,3-4H2,(H,12,16)(H,14,15). The maximum atomic E-state index is 11.5.